The maximum absolute atomic E-state index is 11.6. The van der Waals surface area contributed by atoms with Gasteiger partial charge >= 0.3 is 8.46 Å². The molecule has 0 aliphatic heterocycles. The van der Waals surface area contributed by atoms with Crippen LogP contribution in [0.25, 0.3) is 0 Å². The minimum atomic E-state index is -0.720. The average Bonchev–Trinajstić information content (AvgIpc) is 2.39. The molecule has 0 heterocycles. The predicted octanol–water partition coefficient (Wildman–Crippen LogP) is 5.61. The van der Waals surface area contributed by atoms with E-state index in [-0.39, 0.29) is 0 Å². The molecule has 0 N–H and O–H groups in total. The summed E-state index contributed by atoms with van der Waals surface area (Å²) < 4.78 is 10.9. The molecule has 0 saturated carbocycles. The number of benzene rings is 2. The van der Waals surface area contributed by atoms with Crippen molar-refractivity contribution in [1.82, 2.24) is 0 Å². The van der Waals surface area contributed by atoms with E-state index in [9.17, 15) is 4.57 Å². The van der Waals surface area contributed by atoms with E-state index in [4.69, 9.17) is 23.2 Å². The van der Waals surface area contributed by atoms with Crippen LogP contribution in [-0.2, 0) is 8.63 Å². The van der Waals surface area contributed by atoms with Gasteiger partial charge in [0, 0.05) is 21.2 Å². The molecule has 5 heteroatoms. The lowest BCUT2D eigenvalue weighted by Gasteiger charge is -2.15. The van der Waals surface area contributed by atoms with Crippen LogP contribution in [0.3, 0.4) is 0 Å². The van der Waals surface area contributed by atoms with Crippen LogP contribution in [0.5, 0.6) is 0 Å². The van der Waals surface area contributed by atoms with Crippen LogP contribution >= 0.6 is 47.6 Å². The van der Waals surface area contributed by atoms with Gasteiger partial charge in [0.1, 0.15) is 0 Å². The number of rotatable bonds is 3. The third kappa shape index (κ3) is 2.78. The number of hydrogen-bond donors (Lipinski definition) is 0. The fourth-order valence-electron chi connectivity index (χ4n) is 1.64. The summed E-state index contributed by atoms with van der Waals surface area (Å²) in [6.07, 6.45) is 0. The fourth-order valence-corrected chi connectivity index (χ4v) is 2.99. The van der Waals surface area contributed by atoms with Crippen LogP contribution in [0.4, 0.5) is 0 Å². The zero-order valence-corrected chi connectivity index (χ0v) is 13.3. The van der Waals surface area contributed by atoms with Crippen molar-refractivity contribution in [3.05, 3.63) is 69.7 Å². The Morgan fingerprint density at radius 1 is 0.833 bits per heavy atom. The van der Waals surface area contributed by atoms with Crippen LogP contribution in [0, 0.1) is 0 Å². The molecular weight excluding hydrogens is 354 g/mol. The minimum Gasteiger partial charge on any atom is -0.0843 e. The molecule has 92 valence electrons. The molecule has 0 aliphatic rings. The molecule has 0 fully saturated rings. The van der Waals surface area contributed by atoms with Crippen molar-refractivity contribution >= 4 is 47.6 Å². The lowest BCUT2D eigenvalue weighted by molar-refractivity contribution is 0.593. The smallest absolute Gasteiger partial charge is 0.0843 e. The SMILES string of the molecule is O=[PH+]C(Br)(c1ccc(Cl)cc1)c1ccc(Cl)cc1. The highest BCUT2D eigenvalue weighted by Gasteiger charge is 2.40. The zero-order valence-electron chi connectivity index (χ0n) is 9.16. The Kier molecular flexibility index (Phi) is 4.45. The number of hydrogen-bond acceptors (Lipinski definition) is 1. The average molecular weight is 363 g/mol. The summed E-state index contributed by atoms with van der Waals surface area (Å²) in [6, 6.07) is 14.6. The molecule has 0 radical (unpaired) electrons. The van der Waals surface area contributed by atoms with Crippen molar-refractivity contribution < 1.29 is 4.57 Å². The van der Waals surface area contributed by atoms with Crippen LogP contribution in [-0.4, -0.2) is 0 Å². The topological polar surface area (TPSA) is 17.1 Å². The maximum Gasteiger partial charge on any atom is 0.352 e. The standard InChI is InChI=1S/C13H8BrCl2OP/c14-13(18-17,9-1-5-11(15)6-2-9)10-3-7-12(16)8-4-10/h1-8H/p+1. The molecule has 2 aromatic rings. The Morgan fingerprint density at radius 2 is 1.17 bits per heavy atom. The summed E-state index contributed by atoms with van der Waals surface area (Å²) in [5, 5.41) is 1.30. The Hall–Kier alpha value is -0.400. The molecule has 0 saturated heterocycles. The summed E-state index contributed by atoms with van der Waals surface area (Å²) >= 11 is 15.3. The first-order valence-corrected chi connectivity index (χ1v) is 7.62. The van der Waals surface area contributed by atoms with Gasteiger partial charge in [0.15, 0.2) is 0 Å². The van der Waals surface area contributed by atoms with Gasteiger partial charge in [-0.25, -0.2) is 0 Å². The summed E-state index contributed by atoms with van der Waals surface area (Å²) in [6.45, 7) is 0. The highest BCUT2D eigenvalue weighted by molar-refractivity contribution is 9.10. The Labute approximate surface area is 125 Å². The lowest BCUT2D eigenvalue weighted by Crippen LogP contribution is -2.11. The lowest BCUT2D eigenvalue weighted by atomic mass is 10.0. The van der Waals surface area contributed by atoms with Gasteiger partial charge in [-0.1, -0.05) is 52.0 Å². The van der Waals surface area contributed by atoms with Gasteiger partial charge in [0.05, 0.1) is 0 Å². The molecule has 0 bridgehead atoms. The van der Waals surface area contributed by atoms with E-state index in [1.165, 1.54) is 0 Å². The second kappa shape index (κ2) is 5.71. The van der Waals surface area contributed by atoms with E-state index in [1.54, 1.807) is 24.3 Å². The highest BCUT2D eigenvalue weighted by atomic mass is 79.9. The second-order valence-electron chi connectivity index (χ2n) is 3.77. The molecule has 1 nitrogen and oxygen atoms in total. The first-order valence-electron chi connectivity index (χ1n) is 5.16. The van der Waals surface area contributed by atoms with Crippen LogP contribution in [0.2, 0.25) is 10.0 Å². The third-order valence-electron chi connectivity index (χ3n) is 2.62. The first-order chi connectivity index (χ1) is 8.56. The van der Waals surface area contributed by atoms with E-state index in [2.05, 4.69) is 15.9 Å². The van der Waals surface area contributed by atoms with Gasteiger partial charge in [0.2, 0.25) is 0 Å². The summed E-state index contributed by atoms with van der Waals surface area (Å²) in [5.41, 5.74) is 1.78. The normalized spacial score (nSPS) is 11.7. The molecule has 0 amide bonds. The number of halogens is 3. The number of alkyl halides is 1. The first kappa shape index (κ1) is 14.0. The molecule has 2 rings (SSSR count). The molecule has 2 aromatic carbocycles. The van der Waals surface area contributed by atoms with Crippen LogP contribution in [0.15, 0.2) is 48.5 Å². The Balaban J connectivity index is 2.50. The van der Waals surface area contributed by atoms with Gasteiger partial charge in [-0.05, 0) is 40.2 Å². The van der Waals surface area contributed by atoms with Crippen molar-refractivity contribution in [2.45, 2.75) is 4.07 Å². The molecule has 18 heavy (non-hydrogen) atoms. The second-order valence-corrected chi connectivity index (χ2v) is 7.52. The van der Waals surface area contributed by atoms with Gasteiger partial charge in [-0.15, -0.1) is 0 Å². The zero-order chi connectivity index (χ0) is 13.2. The van der Waals surface area contributed by atoms with Crippen molar-refractivity contribution in [2.24, 2.45) is 0 Å². The summed E-state index contributed by atoms with van der Waals surface area (Å²) in [7, 11) is -0.569. The van der Waals surface area contributed by atoms with Crippen molar-refractivity contribution in [1.29, 1.82) is 0 Å². The van der Waals surface area contributed by atoms with E-state index in [1.807, 2.05) is 24.3 Å². The van der Waals surface area contributed by atoms with Gasteiger partial charge in [0.25, 0.3) is 4.07 Å². The Bertz CT molecular complexity index is 509. The largest absolute Gasteiger partial charge is 0.352 e. The van der Waals surface area contributed by atoms with E-state index >= 15 is 0 Å². The molecule has 0 spiro atoms. The van der Waals surface area contributed by atoms with Gasteiger partial charge in [-0.2, -0.15) is 0 Å². The highest BCUT2D eigenvalue weighted by Crippen LogP contribution is 2.47. The van der Waals surface area contributed by atoms with Crippen LogP contribution < -0.4 is 0 Å². The van der Waals surface area contributed by atoms with Crippen molar-refractivity contribution in [3.63, 3.8) is 0 Å². The fraction of sp³-hybridized carbons (Fsp3) is 0.0769. The maximum atomic E-state index is 11.6. The summed E-state index contributed by atoms with van der Waals surface area (Å²) in [5.74, 6) is 0. The van der Waals surface area contributed by atoms with E-state index in [0.29, 0.717) is 10.0 Å². The monoisotopic (exact) mass is 361 g/mol. The molecule has 1 unspecified atom stereocenters. The molecular formula is C13H9BrCl2OP+. The van der Waals surface area contributed by atoms with Crippen LogP contribution in [0.1, 0.15) is 11.1 Å². The predicted molar refractivity (Wildman–Crippen MR) is 81.6 cm³/mol. The van der Waals surface area contributed by atoms with Gasteiger partial charge in [-0.3, -0.25) is 0 Å². The van der Waals surface area contributed by atoms with E-state index in [0.717, 1.165) is 11.1 Å². The van der Waals surface area contributed by atoms with E-state index < -0.39 is 12.5 Å². The van der Waals surface area contributed by atoms with Crippen molar-refractivity contribution in [2.75, 3.05) is 0 Å². The quantitative estimate of drug-likeness (QED) is 0.512. The summed E-state index contributed by atoms with van der Waals surface area (Å²) in [4.78, 5) is 0. The third-order valence-corrected chi connectivity index (χ3v) is 5.39. The Morgan fingerprint density at radius 3 is 1.44 bits per heavy atom. The molecule has 0 aliphatic carbocycles. The van der Waals surface area contributed by atoms with Gasteiger partial charge < -0.3 is 0 Å². The van der Waals surface area contributed by atoms with Crippen molar-refractivity contribution in [3.8, 4) is 0 Å². The minimum absolute atomic E-state index is 0.569. The molecule has 0 aromatic heterocycles. The molecule has 1 atom stereocenters.